The van der Waals surface area contributed by atoms with E-state index in [9.17, 15) is 0 Å². The molecule has 5 rings (SSSR count). The maximum Gasteiger partial charge on any atom is 0.172 e. The predicted octanol–water partition coefficient (Wildman–Crippen LogP) is 3.19. The summed E-state index contributed by atoms with van der Waals surface area (Å²) in [6, 6.07) is 5.75. The molecule has 0 atom stereocenters. The van der Waals surface area contributed by atoms with E-state index in [4.69, 9.17) is 16.6 Å². The topological polar surface area (TPSA) is 108 Å². The summed E-state index contributed by atoms with van der Waals surface area (Å²) in [5, 5.41) is 10.6. The average molecular weight is 420 g/mol. The number of halogens is 1. The van der Waals surface area contributed by atoms with E-state index in [1.165, 1.54) is 6.33 Å². The van der Waals surface area contributed by atoms with Crippen LogP contribution in [-0.2, 0) is 6.54 Å². The van der Waals surface area contributed by atoms with Gasteiger partial charge in [0, 0.05) is 43.2 Å². The Hall–Kier alpha value is -3.59. The standard InChI is InChI=1S/C20H18ClN9/c21-18-13(3-1-4-22-18)11-30-6-2-5-23-19-20(30)29-17(10-24-19)16-7-15(25-12-26-16)14-8-27-28-9-14/h1,3-4,7-10,12H,2,5-6,11H2,(H,23,24)(H,27,28). The highest BCUT2D eigenvalue weighted by Gasteiger charge is 2.20. The molecule has 9 nitrogen and oxygen atoms in total. The zero-order valence-corrected chi connectivity index (χ0v) is 16.7. The van der Waals surface area contributed by atoms with Crippen LogP contribution < -0.4 is 10.2 Å². The van der Waals surface area contributed by atoms with Crippen molar-refractivity contribution in [1.82, 2.24) is 35.1 Å². The second-order valence-electron chi connectivity index (χ2n) is 6.86. The Bertz CT molecular complexity index is 1160. The van der Waals surface area contributed by atoms with Gasteiger partial charge in [-0.2, -0.15) is 5.10 Å². The maximum absolute atomic E-state index is 6.29. The number of aromatic amines is 1. The molecule has 0 spiro atoms. The third kappa shape index (κ3) is 3.67. The van der Waals surface area contributed by atoms with Crippen LogP contribution in [0.15, 0.2) is 49.3 Å². The quantitative estimate of drug-likeness (QED) is 0.485. The molecule has 0 aliphatic carbocycles. The van der Waals surface area contributed by atoms with Crippen molar-refractivity contribution in [3.8, 4) is 22.6 Å². The number of aromatic nitrogens is 7. The molecule has 150 valence electrons. The first kappa shape index (κ1) is 18.4. The number of anilines is 2. The summed E-state index contributed by atoms with van der Waals surface area (Å²) < 4.78 is 0. The van der Waals surface area contributed by atoms with E-state index in [0.29, 0.717) is 23.1 Å². The monoisotopic (exact) mass is 419 g/mol. The number of nitrogens with one attached hydrogen (secondary N) is 2. The van der Waals surface area contributed by atoms with E-state index < -0.39 is 0 Å². The molecule has 4 aromatic heterocycles. The Kier molecular flexibility index (Phi) is 4.94. The molecule has 0 saturated heterocycles. The SMILES string of the molecule is Clc1ncccc1CN1CCCNc2ncc(-c3cc(-c4cn[nH]c4)ncn3)nc21. The van der Waals surface area contributed by atoms with Crippen molar-refractivity contribution in [1.29, 1.82) is 0 Å². The Morgan fingerprint density at radius 3 is 2.87 bits per heavy atom. The van der Waals surface area contributed by atoms with Gasteiger partial charge in [0.25, 0.3) is 0 Å². The van der Waals surface area contributed by atoms with Crippen LogP contribution in [0.3, 0.4) is 0 Å². The van der Waals surface area contributed by atoms with Crippen molar-refractivity contribution in [3.63, 3.8) is 0 Å². The minimum absolute atomic E-state index is 0.501. The van der Waals surface area contributed by atoms with Crippen molar-refractivity contribution in [3.05, 3.63) is 60.0 Å². The maximum atomic E-state index is 6.29. The lowest BCUT2D eigenvalue weighted by Gasteiger charge is -2.23. The lowest BCUT2D eigenvalue weighted by atomic mass is 10.2. The van der Waals surface area contributed by atoms with Gasteiger partial charge in [0.2, 0.25) is 0 Å². The van der Waals surface area contributed by atoms with Gasteiger partial charge < -0.3 is 10.2 Å². The largest absolute Gasteiger partial charge is 0.367 e. The summed E-state index contributed by atoms with van der Waals surface area (Å²) in [6.07, 6.45) is 9.41. The fourth-order valence-corrected chi connectivity index (χ4v) is 3.55. The molecule has 0 bridgehead atoms. The van der Waals surface area contributed by atoms with Crippen LogP contribution >= 0.6 is 11.6 Å². The van der Waals surface area contributed by atoms with Crippen LogP contribution in [0.4, 0.5) is 11.6 Å². The van der Waals surface area contributed by atoms with E-state index in [-0.39, 0.29) is 0 Å². The average Bonchev–Trinajstić information content (AvgIpc) is 3.25. The van der Waals surface area contributed by atoms with Gasteiger partial charge in [0.1, 0.15) is 17.2 Å². The fourth-order valence-electron chi connectivity index (χ4n) is 3.37. The molecule has 10 heteroatoms. The van der Waals surface area contributed by atoms with Crippen LogP contribution in [-0.4, -0.2) is 48.2 Å². The first-order valence-electron chi connectivity index (χ1n) is 9.55. The lowest BCUT2D eigenvalue weighted by molar-refractivity contribution is 0.753. The third-order valence-corrected chi connectivity index (χ3v) is 5.21. The first-order valence-corrected chi connectivity index (χ1v) is 9.92. The van der Waals surface area contributed by atoms with Crippen LogP contribution in [0, 0.1) is 0 Å². The number of nitrogens with zero attached hydrogens (tertiary/aromatic N) is 7. The minimum Gasteiger partial charge on any atom is -0.367 e. The summed E-state index contributed by atoms with van der Waals surface area (Å²) in [4.78, 5) is 24.6. The number of hydrogen-bond donors (Lipinski definition) is 2. The van der Waals surface area contributed by atoms with E-state index in [2.05, 4.69) is 40.3 Å². The zero-order valence-electron chi connectivity index (χ0n) is 16.0. The number of fused-ring (bicyclic) bond motifs is 1. The predicted molar refractivity (Wildman–Crippen MR) is 114 cm³/mol. The summed E-state index contributed by atoms with van der Waals surface area (Å²) in [5.74, 6) is 1.52. The van der Waals surface area contributed by atoms with E-state index in [0.717, 1.165) is 48.0 Å². The number of pyridine rings is 1. The fraction of sp³-hybridized carbons (Fsp3) is 0.200. The molecule has 0 fully saturated rings. The Morgan fingerprint density at radius 2 is 2.00 bits per heavy atom. The minimum atomic E-state index is 0.501. The highest BCUT2D eigenvalue weighted by atomic mass is 35.5. The van der Waals surface area contributed by atoms with Crippen molar-refractivity contribution < 1.29 is 0 Å². The Balaban J connectivity index is 1.52. The molecule has 30 heavy (non-hydrogen) atoms. The number of hydrogen-bond acceptors (Lipinski definition) is 8. The third-order valence-electron chi connectivity index (χ3n) is 4.87. The summed E-state index contributed by atoms with van der Waals surface area (Å²) in [7, 11) is 0. The van der Waals surface area contributed by atoms with Gasteiger partial charge in [-0.15, -0.1) is 0 Å². The van der Waals surface area contributed by atoms with E-state index >= 15 is 0 Å². The Labute approximate surface area is 177 Å². The molecule has 2 N–H and O–H groups in total. The highest BCUT2D eigenvalue weighted by molar-refractivity contribution is 6.30. The highest BCUT2D eigenvalue weighted by Crippen LogP contribution is 2.30. The molecule has 5 heterocycles. The molecular weight excluding hydrogens is 402 g/mol. The first-order chi connectivity index (χ1) is 14.8. The lowest BCUT2D eigenvalue weighted by Crippen LogP contribution is -2.25. The summed E-state index contributed by atoms with van der Waals surface area (Å²) in [5.41, 5.74) is 3.97. The molecular formula is C20H18ClN9. The second-order valence-corrected chi connectivity index (χ2v) is 7.22. The van der Waals surface area contributed by atoms with Crippen LogP contribution in [0.5, 0.6) is 0 Å². The van der Waals surface area contributed by atoms with E-state index in [1.807, 2.05) is 18.2 Å². The van der Waals surface area contributed by atoms with E-state index in [1.54, 1.807) is 24.8 Å². The molecule has 0 unspecified atom stereocenters. The number of H-pyrrole nitrogens is 1. The number of rotatable bonds is 4. The normalized spacial score (nSPS) is 13.4. The zero-order chi connectivity index (χ0) is 20.3. The van der Waals surface area contributed by atoms with Crippen LogP contribution in [0.25, 0.3) is 22.6 Å². The molecule has 0 saturated carbocycles. The summed E-state index contributed by atoms with van der Waals surface area (Å²) in [6.45, 7) is 2.26. The molecule has 0 radical (unpaired) electrons. The van der Waals surface area contributed by atoms with Crippen molar-refractivity contribution >= 4 is 23.2 Å². The molecule has 0 aromatic carbocycles. The van der Waals surface area contributed by atoms with Gasteiger partial charge in [-0.25, -0.2) is 24.9 Å². The van der Waals surface area contributed by atoms with Gasteiger partial charge >= 0.3 is 0 Å². The van der Waals surface area contributed by atoms with Crippen LogP contribution in [0.2, 0.25) is 5.15 Å². The van der Waals surface area contributed by atoms with Gasteiger partial charge in [-0.3, -0.25) is 5.10 Å². The molecule has 4 aromatic rings. The van der Waals surface area contributed by atoms with Gasteiger partial charge in [-0.1, -0.05) is 17.7 Å². The van der Waals surface area contributed by atoms with Crippen molar-refractivity contribution in [2.45, 2.75) is 13.0 Å². The van der Waals surface area contributed by atoms with Gasteiger partial charge in [0.15, 0.2) is 11.6 Å². The van der Waals surface area contributed by atoms with Crippen molar-refractivity contribution in [2.24, 2.45) is 0 Å². The van der Waals surface area contributed by atoms with Crippen molar-refractivity contribution in [2.75, 3.05) is 23.3 Å². The second kappa shape index (κ2) is 8.03. The van der Waals surface area contributed by atoms with Crippen LogP contribution in [0.1, 0.15) is 12.0 Å². The Morgan fingerprint density at radius 1 is 1.07 bits per heavy atom. The summed E-state index contributed by atoms with van der Waals surface area (Å²) >= 11 is 6.29. The van der Waals surface area contributed by atoms with Gasteiger partial charge in [0.05, 0.1) is 23.8 Å². The van der Waals surface area contributed by atoms with Gasteiger partial charge in [-0.05, 0) is 18.6 Å². The molecule has 0 amide bonds. The molecule has 1 aliphatic heterocycles. The molecule has 1 aliphatic rings. The smallest absolute Gasteiger partial charge is 0.172 e.